The molecule has 4 heteroatoms. The van der Waals surface area contributed by atoms with Gasteiger partial charge in [0.1, 0.15) is 11.5 Å². The molecule has 0 aliphatic carbocycles. The SMILES string of the molecule is CCc1cnc(C)n2cc(CN)nc12. The molecule has 0 saturated carbocycles. The molecule has 2 rings (SSSR count). The molecule has 74 valence electrons. The van der Waals surface area contributed by atoms with Crippen molar-refractivity contribution in [1.29, 1.82) is 0 Å². The van der Waals surface area contributed by atoms with Crippen molar-refractivity contribution in [2.24, 2.45) is 5.73 Å². The number of hydrogen-bond acceptors (Lipinski definition) is 3. The van der Waals surface area contributed by atoms with E-state index in [-0.39, 0.29) is 0 Å². The monoisotopic (exact) mass is 190 g/mol. The Labute approximate surface area is 82.8 Å². The van der Waals surface area contributed by atoms with Gasteiger partial charge in [-0.25, -0.2) is 9.97 Å². The maximum atomic E-state index is 5.56. The van der Waals surface area contributed by atoms with E-state index in [9.17, 15) is 0 Å². The highest BCUT2D eigenvalue weighted by Crippen LogP contribution is 2.12. The van der Waals surface area contributed by atoms with Crippen LogP contribution in [0.1, 0.15) is 24.0 Å². The number of fused-ring (bicyclic) bond motifs is 1. The number of nitrogens with zero attached hydrogens (tertiary/aromatic N) is 3. The number of nitrogens with two attached hydrogens (primary N) is 1. The standard InChI is InChI=1S/C10H14N4/c1-3-8-5-12-7(2)14-6-9(4-11)13-10(8)14/h5-6H,3-4,11H2,1-2H3. The number of rotatable bonds is 2. The Morgan fingerprint density at radius 3 is 2.93 bits per heavy atom. The van der Waals surface area contributed by atoms with Crippen molar-refractivity contribution in [3.8, 4) is 0 Å². The predicted octanol–water partition coefficient (Wildman–Crippen LogP) is 1.06. The summed E-state index contributed by atoms with van der Waals surface area (Å²) in [5.74, 6) is 0.949. The predicted molar refractivity (Wildman–Crippen MR) is 55.0 cm³/mol. The van der Waals surface area contributed by atoms with Crippen LogP contribution in [-0.2, 0) is 13.0 Å². The minimum atomic E-state index is 0.476. The molecule has 0 radical (unpaired) electrons. The Morgan fingerprint density at radius 2 is 2.29 bits per heavy atom. The third kappa shape index (κ3) is 1.28. The van der Waals surface area contributed by atoms with Gasteiger partial charge in [0, 0.05) is 24.5 Å². The van der Waals surface area contributed by atoms with E-state index in [1.165, 1.54) is 0 Å². The minimum Gasteiger partial charge on any atom is -0.325 e. The second kappa shape index (κ2) is 3.38. The fraction of sp³-hybridized carbons (Fsp3) is 0.400. The quantitative estimate of drug-likeness (QED) is 0.770. The molecule has 14 heavy (non-hydrogen) atoms. The third-order valence-electron chi connectivity index (χ3n) is 2.39. The number of imidazole rings is 1. The van der Waals surface area contributed by atoms with Gasteiger partial charge in [-0.1, -0.05) is 6.92 Å². The summed E-state index contributed by atoms with van der Waals surface area (Å²) in [7, 11) is 0. The van der Waals surface area contributed by atoms with Crippen LogP contribution in [0.15, 0.2) is 12.4 Å². The second-order valence-electron chi connectivity index (χ2n) is 3.31. The van der Waals surface area contributed by atoms with Gasteiger partial charge in [-0.2, -0.15) is 0 Å². The van der Waals surface area contributed by atoms with E-state index in [0.29, 0.717) is 6.54 Å². The molecule has 0 saturated heterocycles. The lowest BCUT2D eigenvalue weighted by atomic mass is 10.2. The molecule has 0 aliphatic heterocycles. The minimum absolute atomic E-state index is 0.476. The fourth-order valence-electron chi connectivity index (χ4n) is 1.54. The van der Waals surface area contributed by atoms with Gasteiger partial charge in [0.05, 0.1) is 5.69 Å². The van der Waals surface area contributed by atoms with Gasteiger partial charge < -0.3 is 5.73 Å². The number of aromatic nitrogens is 3. The number of hydrogen-bond donors (Lipinski definition) is 1. The van der Waals surface area contributed by atoms with Crippen LogP contribution in [0.3, 0.4) is 0 Å². The van der Waals surface area contributed by atoms with Crippen LogP contribution in [0, 0.1) is 6.92 Å². The van der Waals surface area contributed by atoms with E-state index in [0.717, 1.165) is 29.1 Å². The lowest BCUT2D eigenvalue weighted by Gasteiger charge is -2.01. The van der Waals surface area contributed by atoms with Crippen molar-refractivity contribution in [3.05, 3.63) is 29.5 Å². The topological polar surface area (TPSA) is 56.2 Å². The average Bonchev–Trinajstić information content (AvgIpc) is 2.63. The van der Waals surface area contributed by atoms with Gasteiger partial charge in [-0.3, -0.25) is 4.40 Å². The Bertz CT molecular complexity index is 458. The van der Waals surface area contributed by atoms with Gasteiger partial charge in [-0.15, -0.1) is 0 Å². The van der Waals surface area contributed by atoms with Crippen LogP contribution < -0.4 is 5.73 Å². The van der Waals surface area contributed by atoms with Crippen molar-refractivity contribution < 1.29 is 0 Å². The first-order valence-electron chi connectivity index (χ1n) is 4.78. The molecule has 2 N–H and O–H groups in total. The first-order valence-corrected chi connectivity index (χ1v) is 4.78. The summed E-state index contributed by atoms with van der Waals surface area (Å²) < 4.78 is 2.00. The summed E-state index contributed by atoms with van der Waals surface area (Å²) in [6.45, 7) is 4.54. The van der Waals surface area contributed by atoms with E-state index in [4.69, 9.17) is 5.73 Å². The van der Waals surface area contributed by atoms with Gasteiger partial charge in [0.15, 0.2) is 0 Å². The summed E-state index contributed by atoms with van der Waals surface area (Å²) in [6.07, 6.45) is 4.78. The molecule has 4 nitrogen and oxygen atoms in total. The van der Waals surface area contributed by atoms with E-state index >= 15 is 0 Å². The Balaban J connectivity index is 2.74. The van der Waals surface area contributed by atoms with Crippen LogP contribution in [0.2, 0.25) is 0 Å². The third-order valence-corrected chi connectivity index (χ3v) is 2.39. The summed E-state index contributed by atoms with van der Waals surface area (Å²) in [6, 6.07) is 0. The maximum absolute atomic E-state index is 5.56. The highest BCUT2D eigenvalue weighted by molar-refractivity contribution is 5.48. The molecule has 0 unspecified atom stereocenters. The van der Waals surface area contributed by atoms with Crippen molar-refractivity contribution in [2.45, 2.75) is 26.8 Å². The largest absolute Gasteiger partial charge is 0.325 e. The molecular weight excluding hydrogens is 176 g/mol. The summed E-state index contributed by atoms with van der Waals surface area (Å²) in [5.41, 5.74) is 8.62. The fourth-order valence-corrected chi connectivity index (χ4v) is 1.54. The number of aryl methyl sites for hydroxylation is 2. The molecule has 0 fully saturated rings. The van der Waals surface area contributed by atoms with Crippen molar-refractivity contribution in [2.75, 3.05) is 0 Å². The van der Waals surface area contributed by atoms with Crippen molar-refractivity contribution >= 4 is 5.65 Å². The molecule has 0 aliphatic rings. The van der Waals surface area contributed by atoms with Crippen LogP contribution in [-0.4, -0.2) is 14.4 Å². The lowest BCUT2D eigenvalue weighted by Crippen LogP contribution is -1.97. The molecule has 0 spiro atoms. The van der Waals surface area contributed by atoms with Crippen LogP contribution in [0.5, 0.6) is 0 Å². The van der Waals surface area contributed by atoms with Gasteiger partial charge in [-0.05, 0) is 13.3 Å². The Hall–Kier alpha value is -1.42. The first kappa shape index (κ1) is 9.15. The van der Waals surface area contributed by atoms with E-state index in [1.54, 1.807) is 0 Å². The van der Waals surface area contributed by atoms with Crippen molar-refractivity contribution in [3.63, 3.8) is 0 Å². The maximum Gasteiger partial charge on any atom is 0.143 e. The van der Waals surface area contributed by atoms with Gasteiger partial charge in [0.25, 0.3) is 0 Å². The zero-order chi connectivity index (χ0) is 10.1. The molecule has 0 aromatic carbocycles. The van der Waals surface area contributed by atoms with Gasteiger partial charge >= 0.3 is 0 Å². The molecule has 2 aromatic heterocycles. The van der Waals surface area contributed by atoms with Crippen LogP contribution >= 0.6 is 0 Å². The molecule has 2 aromatic rings. The highest BCUT2D eigenvalue weighted by Gasteiger charge is 2.06. The smallest absolute Gasteiger partial charge is 0.143 e. The summed E-state index contributed by atoms with van der Waals surface area (Å²) >= 11 is 0. The summed E-state index contributed by atoms with van der Waals surface area (Å²) in [4.78, 5) is 8.77. The lowest BCUT2D eigenvalue weighted by molar-refractivity contribution is 0.950. The van der Waals surface area contributed by atoms with E-state index in [1.807, 2.05) is 23.7 Å². The van der Waals surface area contributed by atoms with Gasteiger partial charge in [0.2, 0.25) is 0 Å². The normalized spacial score (nSPS) is 11.1. The summed E-state index contributed by atoms with van der Waals surface area (Å²) in [5, 5.41) is 0. The zero-order valence-electron chi connectivity index (χ0n) is 8.49. The Kier molecular flexibility index (Phi) is 2.21. The Morgan fingerprint density at radius 1 is 1.50 bits per heavy atom. The highest BCUT2D eigenvalue weighted by atomic mass is 15.1. The molecular formula is C10H14N4. The first-order chi connectivity index (χ1) is 6.76. The average molecular weight is 190 g/mol. The molecule has 0 amide bonds. The molecule has 0 bridgehead atoms. The van der Waals surface area contributed by atoms with Crippen molar-refractivity contribution in [1.82, 2.24) is 14.4 Å². The molecule has 0 atom stereocenters. The second-order valence-corrected chi connectivity index (χ2v) is 3.31. The van der Waals surface area contributed by atoms with Crippen LogP contribution in [0.25, 0.3) is 5.65 Å². The van der Waals surface area contributed by atoms with E-state index < -0.39 is 0 Å². The zero-order valence-corrected chi connectivity index (χ0v) is 8.49. The van der Waals surface area contributed by atoms with Crippen LogP contribution in [0.4, 0.5) is 0 Å². The molecule has 2 heterocycles. The van der Waals surface area contributed by atoms with E-state index in [2.05, 4.69) is 16.9 Å².